The number of phenolic OH excluding ortho intramolecular Hbond substituents is 3. The highest BCUT2D eigenvalue weighted by Crippen LogP contribution is 2.44. The van der Waals surface area contributed by atoms with Crippen LogP contribution in [0.5, 0.6) is 51.7 Å². The number of carboxylic acid groups (broad SMARTS) is 1. The van der Waals surface area contributed by atoms with Crippen molar-refractivity contribution in [3.05, 3.63) is 112 Å². The molecule has 0 aliphatic heterocycles. The molecule has 4 N–H and O–H groups in total. The Morgan fingerprint density at radius 1 is 0.508 bits per heavy atom. The second kappa shape index (κ2) is 21.6. The van der Waals surface area contributed by atoms with E-state index in [0.29, 0.717) is 28.4 Å². The quantitative estimate of drug-likeness (QED) is 0.0549. The van der Waals surface area contributed by atoms with E-state index < -0.39 is 26.2 Å². The normalized spacial score (nSPS) is 10.7. The lowest BCUT2D eigenvalue weighted by Gasteiger charge is -2.43. The molecule has 16 heteroatoms. The molecule has 5 aromatic rings. The van der Waals surface area contributed by atoms with Gasteiger partial charge in [-0.2, -0.15) is 0 Å². The fourth-order valence-electron chi connectivity index (χ4n) is 7.00. The molecule has 0 radical (unpaired) electrons. The van der Waals surface area contributed by atoms with Crippen LogP contribution in [0.3, 0.4) is 0 Å². The van der Waals surface area contributed by atoms with E-state index in [2.05, 4.69) is 49.8 Å². The van der Waals surface area contributed by atoms with Crippen molar-refractivity contribution in [3.63, 3.8) is 0 Å². The van der Waals surface area contributed by atoms with E-state index in [1.54, 1.807) is 19.9 Å². The summed E-state index contributed by atoms with van der Waals surface area (Å²) in [5.74, 6) is -1.14. The van der Waals surface area contributed by atoms with Gasteiger partial charge in [-0.05, 0) is 36.2 Å². The Hall–Kier alpha value is -7.07. The average molecular weight is 889 g/mol. The van der Waals surface area contributed by atoms with Crippen LogP contribution in [0.1, 0.15) is 68.5 Å². The Morgan fingerprint density at radius 3 is 1.32 bits per heavy atom. The Labute approximate surface area is 368 Å². The molecule has 0 heterocycles. The Balaban J connectivity index is 0.000000284. The number of esters is 2. The van der Waals surface area contributed by atoms with E-state index in [9.17, 15) is 29.7 Å². The summed E-state index contributed by atoms with van der Waals surface area (Å²) in [6.07, 6.45) is 0. The molecule has 0 saturated heterocycles. The molecule has 15 nitrogen and oxygen atoms in total. The molecule has 0 amide bonds. The minimum absolute atomic E-state index is 0.0594. The number of carboxylic acids is 1. The summed E-state index contributed by atoms with van der Waals surface area (Å²) in [7, 11) is 6.69. The summed E-state index contributed by atoms with van der Waals surface area (Å²) < 4.78 is 42.0. The van der Waals surface area contributed by atoms with Crippen LogP contribution in [0.25, 0.3) is 0 Å². The first kappa shape index (κ1) is 50.3. The Bertz CT molecular complexity index is 2350. The highest BCUT2D eigenvalue weighted by molar-refractivity contribution is 7.00. The number of hydrogen-bond donors (Lipinski definition) is 4. The first-order valence-corrected chi connectivity index (χ1v) is 21.2. The van der Waals surface area contributed by atoms with Gasteiger partial charge in [-0.25, -0.2) is 14.4 Å². The zero-order valence-electron chi connectivity index (χ0n) is 37.8. The van der Waals surface area contributed by atoms with Crippen LogP contribution in [0.2, 0.25) is 5.04 Å². The molecular weight excluding hydrogens is 833 g/mol. The number of ether oxygens (including phenoxy) is 7. The summed E-state index contributed by atoms with van der Waals surface area (Å²) in [6, 6.07) is 24.5. The smallest absolute Gasteiger partial charge is 0.342 e. The molecule has 0 unspecified atom stereocenters. The van der Waals surface area contributed by atoms with Gasteiger partial charge in [0.05, 0.1) is 49.8 Å². The standard InChI is InChI=1S/C26H30O5Si.C11H14O5.C10H12O5/c1-18-23(25(28)30-6)21(17-22(29-5)24(18)27)31-32(26(2,3)4,19-13-9-7-10-14-19)20-15-11-8-12-16-20;1-6-9(11(12)13)7(14-2)5-8(15-3)10(6)16-4;1-5-8(10(13)15-3)6(11)4-7(14-2)9(5)12/h7-17,27H,1-6H3;5H,1-4H3,(H,12,13);4,11-12H,1-3H3. The number of aromatic carboxylic acids is 1. The molecule has 0 spiro atoms. The number of benzene rings is 5. The Kier molecular flexibility index (Phi) is 17.3. The van der Waals surface area contributed by atoms with Crippen molar-refractivity contribution in [2.24, 2.45) is 0 Å². The molecule has 63 heavy (non-hydrogen) atoms. The maximum atomic E-state index is 12.8. The van der Waals surface area contributed by atoms with Gasteiger partial charge in [0, 0.05) is 34.9 Å². The lowest BCUT2D eigenvalue weighted by Crippen LogP contribution is -2.69. The molecule has 338 valence electrons. The minimum Gasteiger partial charge on any atom is -0.533 e. The van der Waals surface area contributed by atoms with Crippen molar-refractivity contribution < 1.29 is 72.4 Å². The summed E-state index contributed by atoms with van der Waals surface area (Å²) in [5.41, 5.74) is 1.27. The van der Waals surface area contributed by atoms with Gasteiger partial charge >= 0.3 is 26.2 Å². The maximum absolute atomic E-state index is 12.8. The summed E-state index contributed by atoms with van der Waals surface area (Å²) in [4.78, 5) is 35.1. The topological polar surface area (TPSA) is 206 Å². The van der Waals surface area contributed by atoms with E-state index in [4.69, 9.17) is 38.0 Å². The van der Waals surface area contributed by atoms with Gasteiger partial charge in [-0.1, -0.05) is 81.4 Å². The van der Waals surface area contributed by atoms with Crippen molar-refractivity contribution in [3.8, 4) is 51.7 Å². The van der Waals surface area contributed by atoms with Crippen molar-refractivity contribution >= 4 is 36.6 Å². The van der Waals surface area contributed by atoms with Crippen LogP contribution in [-0.2, 0) is 9.47 Å². The highest BCUT2D eigenvalue weighted by Gasteiger charge is 2.52. The first-order valence-electron chi connectivity index (χ1n) is 19.3. The fraction of sp³-hybridized carbons (Fsp3) is 0.298. The zero-order valence-corrected chi connectivity index (χ0v) is 38.8. The second-order valence-electron chi connectivity index (χ2n) is 14.7. The van der Waals surface area contributed by atoms with Crippen LogP contribution < -0.4 is 38.5 Å². The van der Waals surface area contributed by atoms with Crippen LogP contribution >= 0.6 is 0 Å². The predicted molar refractivity (Wildman–Crippen MR) is 239 cm³/mol. The van der Waals surface area contributed by atoms with Gasteiger partial charge in [0.25, 0.3) is 0 Å². The van der Waals surface area contributed by atoms with Gasteiger partial charge < -0.3 is 58.0 Å². The Morgan fingerprint density at radius 2 is 0.921 bits per heavy atom. The van der Waals surface area contributed by atoms with Gasteiger partial charge in [0.2, 0.25) is 0 Å². The van der Waals surface area contributed by atoms with Gasteiger partial charge in [0.1, 0.15) is 33.9 Å². The average Bonchev–Trinajstić information content (AvgIpc) is 3.27. The van der Waals surface area contributed by atoms with E-state index in [1.165, 1.54) is 62.8 Å². The molecule has 0 aromatic heterocycles. The van der Waals surface area contributed by atoms with Crippen LogP contribution in [0.15, 0.2) is 78.9 Å². The monoisotopic (exact) mass is 888 g/mol. The number of rotatable bonds is 12. The SMILES string of the molecule is COC(=O)c1c(O)cc(OC)c(O)c1C.COC(=O)c1c(O[Si](c2ccccc2)(c2ccccc2)C(C)(C)C)cc(OC)c(O)c1C.COc1cc(OC)c(C(=O)O)c(C)c1OC. The number of carbonyl (C=O) groups is 3. The molecule has 0 saturated carbocycles. The molecular formula is C47H56O15Si. The predicted octanol–water partition coefficient (Wildman–Crippen LogP) is 7.36. The molecule has 0 atom stereocenters. The van der Waals surface area contributed by atoms with Crippen molar-refractivity contribution in [1.29, 1.82) is 0 Å². The van der Waals surface area contributed by atoms with Gasteiger partial charge in [0.15, 0.2) is 34.5 Å². The molecule has 5 aromatic carbocycles. The highest BCUT2D eigenvalue weighted by atomic mass is 28.4. The summed E-state index contributed by atoms with van der Waals surface area (Å²) in [5, 5.41) is 40.6. The van der Waals surface area contributed by atoms with E-state index >= 15 is 0 Å². The minimum atomic E-state index is -3.00. The van der Waals surface area contributed by atoms with Gasteiger partial charge in [-0.15, -0.1) is 0 Å². The zero-order chi connectivity index (χ0) is 47.4. The number of carbonyl (C=O) groups excluding carboxylic acids is 2. The summed E-state index contributed by atoms with van der Waals surface area (Å²) >= 11 is 0. The maximum Gasteiger partial charge on any atom is 0.342 e. The first-order chi connectivity index (χ1) is 29.8. The summed E-state index contributed by atoms with van der Waals surface area (Å²) in [6.45, 7) is 11.3. The van der Waals surface area contributed by atoms with Crippen molar-refractivity contribution in [2.75, 3.05) is 49.8 Å². The third kappa shape index (κ3) is 10.5. The van der Waals surface area contributed by atoms with Crippen molar-refractivity contribution in [2.45, 2.75) is 46.6 Å². The number of methoxy groups -OCH3 is 7. The molecule has 0 bridgehead atoms. The lowest BCUT2D eigenvalue weighted by atomic mass is 10.1. The third-order valence-corrected chi connectivity index (χ3v) is 15.1. The molecule has 5 rings (SSSR count). The molecule has 0 aliphatic rings. The van der Waals surface area contributed by atoms with Crippen LogP contribution in [-0.4, -0.2) is 96.4 Å². The largest absolute Gasteiger partial charge is 0.533 e. The van der Waals surface area contributed by atoms with Crippen LogP contribution in [0, 0.1) is 20.8 Å². The van der Waals surface area contributed by atoms with Crippen LogP contribution in [0.4, 0.5) is 0 Å². The second-order valence-corrected chi connectivity index (χ2v) is 19.0. The van der Waals surface area contributed by atoms with E-state index in [1.807, 2.05) is 36.4 Å². The lowest BCUT2D eigenvalue weighted by molar-refractivity contribution is 0.0587. The fourth-order valence-corrected chi connectivity index (χ4v) is 11.4. The van der Waals surface area contributed by atoms with E-state index in [-0.39, 0.29) is 61.8 Å². The number of hydrogen-bond acceptors (Lipinski definition) is 14. The van der Waals surface area contributed by atoms with E-state index in [0.717, 1.165) is 16.4 Å². The van der Waals surface area contributed by atoms with Crippen molar-refractivity contribution in [1.82, 2.24) is 0 Å². The van der Waals surface area contributed by atoms with Gasteiger partial charge in [-0.3, -0.25) is 0 Å². The third-order valence-electron chi connectivity index (χ3n) is 10.2. The molecule has 0 aliphatic carbocycles. The number of phenols is 3. The molecule has 0 fully saturated rings. The number of aromatic hydroxyl groups is 3.